The molecule has 0 spiro atoms. The van der Waals surface area contributed by atoms with Gasteiger partial charge in [-0.25, -0.2) is 0 Å². The molecule has 0 saturated heterocycles. The highest BCUT2D eigenvalue weighted by molar-refractivity contribution is 5.75. The predicted octanol–water partition coefficient (Wildman–Crippen LogP) is 3.83. The van der Waals surface area contributed by atoms with Gasteiger partial charge in [-0.2, -0.15) is 13.2 Å². The minimum Gasteiger partial charge on any atom is -0.387 e. The van der Waals surface area contributed by atoms with Crippen LogP contribution in [0, 0.1) is 5.92 Å². The van der Waals surface area contributed by atoms with Crippen molar-refractivity contribution in [2.75, 3.05) is 6.54 Å². The highest BCUT2D eigenvalue weighted by atomic mass is 19.4. The third-order valence-corrected chi connectivity index (χ3v) is 4.37. The molecule has 6 heteroatoms. The molecule has 1 aromatic carbocycles. The van der Waals surface area contributed by atoms with Crippen molar-refractivity contribution in [3.05, 3.63) is 35.4 Å². The van der Waals surface area contributed by atoms with Gasteiger partial charge in [0.15, 0.2) is 0 Å². The second-order valence-electron chi connectivity index (χ2n) is 6.13. The van der Waals surface area contributed by atoms with Gasteiger partial charge in [-0.05, 0) is 30.0 Å². The van der Waals surface area contributed by atoms with Crippen LogP contribution in [0.4, 0.5) is 13.2 Å². The number of benzene rings is 1. The van der Waals surface area contributed by atoms with Gasteiger partial charge in [0, 0.05) is 13.0 Å². The molecule has 0 heterocycles. The number of nitrogens with one attached hydrogen (secondary N) is 1. The van der Waals surface area contributed by atoms with Crippen molar-refractivity contribution in [3.63, 3.8) is 0 Å². The predicted molar refractivity (Wildman–Crippen MR) is 80.6 cm³/mol. The molecule has 1 fully saturated rings. The Morgan fingerprint density at radius 2 is 1.83 bits per heavy atom. The zero-order valence-corrected chi connectivity index (χ0v) is 12.9. The molecule has 0 aromatic heterocycles. The van der Waals surface area contributed by atoms with Crippen LogP contribution < -0.4 is 5.32 Å². The van der Waals surface area contributed by atoms with Gasteiger partial charge in [-0.1, -0.05) is 37.8 Å². The van der Waals surface area contributed by atoms with Crippen LogP contribution >= 0.6 is 0 Å². The number of hydrogen-bond donors (Lipinski definition) is 2. The van der Waals surface area contributed by atoms with E-state index in [-0.39, 0.29) is 12.5 Å². The highest BCUT2D eigenvalue weighted by Gasteiger charge is 2.30. The molecular weight excluding hydrogens is 307 g/mol. The maximum atomic E-state index is 12.5. The van der Waals surface area contributed by atoms with Gasteiger partial charge >= 0.3 is 6.18 Å². The number of carbonyl (C=O) groups excluding carboxylic acids is 1. The van der Waals surface area contributed by atoms with Crippen molar-refractivity contribution < 1.29 is 23.1 Å². The number of rotatable bonds is 6. The minimum atomic E-state index is -4.39. The summed E-state index contributed by atoms with van der Waals surface area (Å²) in [5, 5.41) is 12.6. The Morgan fingerprint density at radius 3 is 2.39 bits per heavy atom. The smallest absolute Gasteiger partial charge is 0.387 e. The molecule has 0 aliphatic heterocycles. The molecule has 1 amide bonds. The standard InChI is InChI=1S/C17H22F3NO2/c18-17(19,20)14-8-6-13(7-9-14)15(22)11-21-16(23)10-5-12-3-1-2-4-12/h6-9,12,15,22H,1-5,10-11H2,(H,21,23). The fraction of sp³-hybridized carbons (Fsp3) is 0.588. The van der Waals surface area contributed by atoms with Gasteiger partial charge < -0.3 is 10.4 Å². The first-order valence-electron chi connectivity index (χ1n) is 7.98. The normalized spacial score (nSPS) is 17.2. The van der Waals surface area contributed by atoms with E-state index in [2.05, 4.69) is 5.32 Å². The molecular formula is C17H22F3NO2. The van der Waals surface area contributed by atoms with Crippen LogP contribution in [0.3, 0.4) is 0 Å². The van der Waals surface area contributed by atoms with Crippen molar-refractivity contribution in [2.24, 2.45) is 5.92 Å². The van der Waals surface area contributed by atoms with Crippen molar-refractivity contribution in [3.8, 4) is 0 Å². The van der Waals surface area contributed by atoms with Gasteiger partial charge in [0.2, 0.25) is 5.91 Å². The molecule has 1 unspecified atom stereocenters. The molecule has 1 saturated carbocycles. The van der Waals surface area contributed by atoms with Gasteiger partial charge in [-0.3, -0.25) is 4.79 Å². The molecule has 1 aliphatic rings. The Balaban J connectivity index is 1.75. The van der Waals surface area contributed by atoms with E-state index in [4.69, 9.17) is 0 Å². The number of amides is 1. The van der Waals surface area contributed by atoms with Crippen molar-refractivity contribution in [1.82, 2.24) is 5.32 Å². The lowest BCUT2D eigenvalue weighted by atomic mass is 10.0. The van der Waals surface area contributed by atoms with E-state index in [0.717, 1.165) is 18.6 Å². The van der Waals surface area contributed by atoms with E-state index in [1.165, 1.54) is 37.8 Å². The summed E-state index contributed by atoms with van der Waals surface area (Å²) < 4.78 is 37.4. The molecule has 3 nitrogen and oxygen atoms in total. The quantitative estimate of drug-likeness (QED) is 0.833. The summed E-state index contributed by atoms with van der Waals surface area (Å²) in [6.07, 6.45) is 0.735. The van der Waals surface area contributed by atoms with Gasteiger partial charge in [0.1, 0.15) is 0 Å². The molecule has 128 valence electrons. The molecule has 0 bridgehead atoms. The van der Waals surface area contributed by atoms with Crippen LogP contribution in [-0.2, 0) is 11.0 Å². The van der Waals surface area contributed by atoms with E-state index < -0.39 is 17.8 Å². The maximum Gasteiger partial charge on any atom is 0.416 e. The number of halogens is 3. The average Bonchev–Trinajstić information content (AvgIpc) is 3.03. The fourth-order valence-electron chi connectivity index (χ4n) is 2.95. The molecule has 2 N–H and O–H groups in total. The Hall–Kier alpha value is -1.56. The first kappa shape index (κ1) is 17.8. The van der Waals surface area contributed by atoms with Crippen LogP contribution in [0.15, 0.2) is 24.3 Å². The molecule has 1 atom stereocenters. The summed E-state index contributed by atoms with van der Waals surface area (Å²) in [6.45, 7) is 0.00879. The monoisotopic (exact) mass is 329 g/mol. The summed E-state index contributed by atoms with van der Waals surface area (Å²) in [5.41, 5.74) is -0.400. The average molecular weight is 329 g/mol. The minimum absolute atomic E-state index is 0.00879. The first-order valence-corrected chi connectivity index (χ1v) is 7.98. The number of aliphatic hydroxyl groups is 1. The molecule has 0 radical (unpaired) electrons. The van der Waals surface area contributed by atoms with Crippen LogP contribution in [0.2, 0.25) is 0 Å². The van der Waals surface area contributed by atoms with Gasteiger partial charge in [0.05, 0.1) is 11.7 Å². The summed E-state index contributed by atoms with van der Waals surface area (Å²) in [4.78, 5) is 11.8. The van der Waals surface area contributed by atoms with Crippen LogP contribution in [0.5, 0.6) is 0 Å². The Kier molecular flexibility index (Phi) is 6.04. The van der Waals surface area contributed by atoms with E-state index in [1.807, 2.05) is 0 Å². The summed E-state index contributed by atoms with van der Waals surface area (Å²) >= 11 is 0. The van der Waals surface area contributed by atoms with Crippen LogP contribution in [0.25, 0.3) is 0 Å². The lowest BCUT2D eigenvalue weighted by molar-refractivity contribution is -0.137. The third-order valence-electron chi connectivity index (χ3n) is 4.37. The van der Waals surface area contributed by atoms with Crippen molar-refractivity contribution in [2.45, 2.75) is 50.8 Å². The van der Waals surface area contributed by atoms with E-state index in [9.17, 15) is 23.1 Å². The SMILES string of the molecule is O=C(CCC1CCCC1)NCC(O)c1ccc(C(F)(F)F)cc1. The van der Waals surface area contributed by atoms with E-state index >= 15 is 0 Å². The third kappa shape index (κ3) is 5.53. The molecule has 23 heavy (non-hydrogen) atoms. The van der Waals surface area contributed by atoms with E-state index in [1.54, 1.807) is 0 Å². The number of hydrogen-bond acceptors (Lipinski definition) is 2. The fourth-order valence-corrected chi connectivity index (χ4v) is 2.95. The summed E-state index contributed by atoms with van der Waals surface area (Å²) in [5.74, 6) is 0.503. The van der Waals surface area contributed by atoms with Gasteiger partial charge in [0.25, 0.3) is 0 Å². The lowest BCUT2D eigenvalue weighted by Gasteiger charge is -2.14. The largest absolute Gasteiger partial charge is 0.416 e. The van der Waals surface area contributed by atoms with E-state index in [0.29, 0.717) is 17.9 Å². The highest BCUT2D eigenvalue weighted by Crippen LogP contribution is 2.30. The Morgan fingerprint density at radius 1 is 1.22 bits per heavy atom. The molecule has 2 rings (SSSR count). The number of carbonyl (C=O) groups is 1. The summed E-state index contributed by atoms with van der Waals surface area (Å²) in [6, 6.07) is 4.33. The van der Waals surface area contributed by atoms with Crippen LogP contribution in [-0.4, -0.2) is 17.6 Å². The first-order chi connectivity index (χ1) is 10.9. The Labute approximate surface area is 133 Å². The molecule has 1 aliphatic carbocycles. The number of alkyl halides is 3. The second-order valence-corrected chi connectivity index (χ2v) is 6.13. The second kappa shape index (κ2) is 7.81. The summed E-state index contributed by atoms with van der Waals surface area (Å²) in [7, 11) is 0. The van der Waals surface area contributed by atoms with Crippen molar-refractivity contribution in [1.29, 1.82) is 0 Å². The maximum absolute atomic E-state index is 12.5. The topological polar surface area (TPSA) is 49.3 Å². The van der Waals surface area contributed by atoms with Gasteiger partial charge in [-0.15, -0.1) is 0 Å². The zero-order chi connectivity index (χ0) is 16.9. The lowest BCUT2D eigenvalue weighted by Crippen LogP contribution is -2.28. The zero-order valence-electron chi connectivity index (χ0n) is 12.9. The van der Waals surface area contributed by atoms with Crippen LogP contribution in [0.1, 0.15) is 55.8 Å². The van der Waals surface area contributed by atoms with Crippen molar-refractivity contribution >= 4 is 5.91 Å². The number of aliphatic hydroxyl groups excluding tert-OH is 1. The molecule has 1 aromatic rings. The Bertz CT molecular complexity index is 508.